The molecule has 0 spiro atoms. The number of nitrogens with two attached hydrogens (primary N) is 1. The maximum absolute atomic E-state index is 10.3. The van der Waals surface area contributed by atoms with E-state index in [1.807, 2.05) is 0 Å². The van der Waals surface area contributed by atoms with Gasteiger partial charge in [0, 0.05) is 13.0 Å². The maximum Gasteiger partial charge on any atom is 0.404 e. The molecule has 1 amide bonds. The summed E-state index contributed by atoms with van der Waals surface area (Å²) in [7, 11) is 0. The van der Waals surface area contributed by atoms with E-state index in [0.29, 0.717) is 13.0 Å². The summed E-state index contributed by atoms with van der Waals surface area (Å²) in [5.74, 6) is 0. The zero-order chi connectivity index (χ0) is 11.3. The van der Waals surface area contributed by atoms with Crippen LogP contribution in [0, 0.1) is 10.1 Å². The molecular formula is C7H10N4O4. The maximum atomic E-state index is 10.3. The summed E-state index contributed by atoms with van der Waals surface area (Å²) >= 11 is 0. The molecule has 0 fully saturated rings. The predicted octanol–water partition coefficient (Wildman–Crippen LogP) is 0.277. The van der Waals surface area contributed by atoms with Gasteiger partial charge in [0.2, 0.25) is 0 Å². The van der Waals surface area contributed by atoms with Crippen molar-refractivity contribution in [1.29, 1.82) is 0 Å². The van der Waals surface area contributed by atoms with Crippen LogP contribution in [0.1, 0.15) is 6.42 Å². The molecule has 1 aromatic heterocycles. The average Bonchev–Trinajstić information content (AvgIpc) is 2.60. The standard InChI is InChI=1S/C7H10N4O4/c8-7(12)15-3-1-2-10-5-6(4-9-10)11(13)14/h4-5H,1-3H2,(H2,8,12). The van der Waals surface area contributed by atoms with Crippen molar-refractivity contribution < 1.29 is 14.5 Å². The van der Waals surface area contributed by atoms with Gasteiger partial charge in [0.1, 0.15) is 12.4 Å². The van der Waals surface area contributed by atoms with Crippen LogP contribution in [0.15, 0.2) is 12.4 Å². The van der Waals surface area contributed by atoms with Gasteiger partial charge in [-0.05, 0) is 0 Å². The van der Waals surface area contributed by atoms with Gasteiger partial charge >= 0.3 is 11.8 Å². The Morgan fingerprint density at radius 3 is 3.00 bits per heavy atom. The summed E-state index contributed by atoms with van der Waals surface area (Å²) in [5.41, 5.74) is 4.68. The molecule has 0 aliphatic rings. The SMILES string of the molecule is NC(=O)OCCCn1cc([N+](=O)[O-])cn1. The van der Waals surface area contributed by atoms with E-state index in [-0.39, 0.29) is 12.3 Å². The fraction of sp³-hybridized carbons (Fsp3) is 0.429. The lowest BCUT2D eigenvalue weighted by atomic mass is 10.4. The van der Waals surface area contributed by atoms with Gasteiger partial charge in [-0.25, -0.2) is 4.79 Å². The number of amides is 1. The topological polar surface area (TPSA) is 113 Å². The van der Waals surface area contributed by atoms with E-state index < -0.39 is 11.0 Å². The highest BCUT2D eigenvalue weighted by Gasteiger charge is 2.08. The fourth-order valence-electron chi connectivity index (χ4n) is 0.969. The summed E-state index contributed by atoms with van der Waals surface area (Å²) in [6, 6.07) is 0. The molecule has 1 heterocycles. The van der Waals surface area contributed by atoms with Gasteiger partial charge in [0.05, 0.1) is 11.5 Å². The third kappa shape index (κ3) is 3.63. The molecule has 2 N–H and O–H groups in total. The Morgan fingerprint density at radius 2 is 2.47 bits per heavy atom. The molecule has 8 nitrogen and oxygen atoms in total. The number of hydrogen-bond donors (Lipinski definition) is 1. The first-order valence-corrected chi connectivity index (χ1v) is 4.18. The van der Waals surface area contributed by atoms with Gasteiger partial charge in [-0.1, -0.05) is 0 Å². The molecule has 0 atom stereocenters. The highest BCUT2D eigenvalue weighted by molar-refractivity contribution is 5.64. The number of primary amides is 1. The van der Waals surface area contributed by atoms with Crippen LogP contribution in [0.25, 0.3) is 0 Å². The summed E-state index contributed by atoms with van der Waals surface area (Å²) in [6.45, 7) is 0.601. The minimum absolute atomic E-state index is 0.0641. The molecule has 0 unspecified atom stereocenters. The van der Waals surface area contributed by atoms with Crippen molar-refractivity contribution in [2.75, 3.05) is 6.61 Å². The van der Waals surface area contributed by atoms with Crippen molar-refractivity contribution in [3.63, 3.8) is 0 Å². The number of aryl methyl sites for hydroxylation is 1. The molecule has 0 saturated carbocycles. The van der Waals surface area contributed by atoms with Gasteiger partial charge in [0.25, 0.3) is 0 Å². The zero-order valence-electron chi connectivity index (χ0n) is 7.83. The van der Waals surface area contributed by atoms with Crippen LogP contribution < -0.4 is 5.73 Å². The first kappa shape index (κ1) is 11.0. The van der Waals surface area contributed by atoms with Gasteiger partial charge in [0.15, 0.2) is 0 Å². The van der Waals surface area contributed by atoms with Gasteiger partial charge < -0.3 is 10.5 Å². The summed E-state index contributed by atoms with van der Waals surface area (Å²) in [4.78, 5) is 20.0. The number of carbonyl (C=O) groups is 1. The number of hydrogen-bond acceptors (Lipinski definition) is 5. The molecule has 8 heteroatoms. The Labute approximate surface area is 84.8 Å². The molecule has 0 aliphatic carbocycles. The second kappa shape index (κ2) is 4.94. The molecular weight excluding hydrogens is 204 g/mol. The highest BCUT2D eigenvalue weighted by Crippen LogP contribution is 2.07. The minimum atomic E-state index is -0.832. The number of nitro groups is 1. The van der Waals surface area contributed by atoms with E-state index >= 15 is 0 Å². The summed E-state index contributed by atoms with van der Waals surface area (Å²) in [5, 5.41) is 14.1. The Kier molecular flexibility index (Phi) is 3.61. The van der Waals surface area contributed by atoms with E-state index in [0.717, 1.165) is 6.20 Å². The lowest BCUT2D eigenvalue weighted by Gasteiger charge is -2.00. The van der Waals surface area contributed by atoms with Crippen molar-refractivity contribution in [3.8, 4) is 0 Å². The third-order valence-corrected chi connectivity index (χ3v) is 1.61. The smallest absolute Gasteiger partial charge is 0.404 e. The number of aromatic nitrogens is 2. The van der Waals surface area contributed by atoms with Crippen LogP contribution in [-0.4, -0.2) is 27.4 Å². The number of carbonyl (C=O) groups excluding carboxylic acids is 1. The van der Waals surface area contributed by atoms with Gasteiger partial charge in [-0.2, -0.15) is 5.10 Å². The Hall–Kier alpha value is -2.12. The van der Waals surface area contributed by atoms with Crippen molar-refractivity contribution in [1.82, 2.24) is 9.78 Å². The molecule has 1 rings (SSSR count). The van der Waals surface area contributed by atoms with Gasteiger partial charge in [-0.15, -0.1) is 0 Å². The quantitative estimate of drug-likeness (QED) is 0.429. The Morgan fingerprint density at radius 1 is 1.73 bits per heavy atom. The van der Waals surface area contributed by atoms with E-state index in [9.17, 15) is 14.9 Å². The van der Waals surface area contributed by atoms with Crippen molar-refractivity contribution >= 4 is 11.8 Å². The molecule has 15 heavy (non-hydrogen) atoms. The average molecular weight is 214 g/mol. The van der Waals surface area contributed by atoms with Crippen LogP contribution in [0.5, 0.6) is 0 Å². The lowest BCUT2D eigenvalue weighted by Crippen LogP contribution is -2.14. The molecule has 0 bridgehead atoms. The zero-order valence-corrected chi connectivity index (χ0v) is 7.83. The van der Waals surface area contributed by atoms with Crippen molar-refractivity contribution in [3.05, 3.63) is 22.5 Å². The second-order valence-electron chi connectivity index (χ2n) is 2.74. The normalized spacial score (nSPS) is 9.87. The number of nitrogens with zero attached hydrogens (tertiary/aromatic N) is 3. The predicted molar refractivity (Wildman–Crippen MR) is 49.0 cm³/mol. The number of rotatable bonds is 5. The molecule has 82 valence electrons. The molecule has 1 aromatic rings. The van der Waals surface area contributed by atoms with E-state index in [1.165, 1.54) is 10.9 Å². The third-order valence-electron chi connectivity index (χ3n) is 1.61. The van der Waals surface area contributed by atoms with Crippen molar-refractivity contribution in [2.24, 2.45) is 5.73 Å². The second-order valence-corrected chi connectivity index (χ2v) is 2.74. The Balaban J connectivity index is 2.31. The largest absolute Gasteiger partial charge is 0.450 e. The van der Waals surface area contributed by atoms with Gasteiger partial charge in [-0.3, -0.25) is 14.8 Å². The molecule has 0 aliphatic heterocycles. The van der Waals surface area contributed by atoms with Crippen LogP contribution >= 0.6 is 0 Å². The monoisotopic (exact) mass is 214 g/mol. The van der Waals surface area contributed by atoms with Crippen LogP contribution in [0.3, 0.4) is 0 Å². The highest BCUT2D eigenvalue weighted by atomic mass is 16.6. The van der Waals surface area contributed by atoms with E-state index in [1.54, 1.807) is 0 Å². The molecule has 0 aromatic carbocycles. The van der Waals surface area contributed by atoms with E-state index in [2.05, 4.69) is 9.84 Å². The Bertz CT molecular complexity index is 362. The summed E-state index contributed by atoms with van der Waals surface area (Å²) in [6.07, 6.45) is 2.14. The van der Waals surface area contributed by atoms with E-state index in [4.69, 9.17) is 5.73 Å². The van der Waals surface area contributed by atoms with Crippen molar-refractivity contribution in [2.45, 2.75) is 13.0 Å². The van der Waals surface area contributed by atoms with Crippen LogP contribution in [0.2, 0.25) is 0 Å². The first-order valence-electron chi connectivity index (χ1n) is 4.18. The molecule has 0 radical (unpaired) electrons. The molecule has 0 saturated heterocycles. The van der Waals surface area contributed by atoms with Crippen LogP contribution in [0.4, 0.5) is 10.5 Å². The fourth-order valence-corrected chi connectivity index (χ4v) is 0.969. The lowest BCUT2D eigenvalue weighted by molar-refractivity contribution is -0.385. The van der Waals surface area contributed by atoms with Crippen LogP contribution in [-0.2, 0) is 11.3 Å². The number of ether oxygens (including phenoxy) is 1. The minimum Gasteiger partial charge on any atom is -0.450 e. The first-order chi connectivity index (χ1) is 7.09. The summed E-state index contributed by atoms with van der Waals surface area (Å²) < 4.78 is 5.89.